The van der Waals surface area contributed by atoms with Gasteiger partial charge in [-0.25, -0.2) is 4.79 Å². The van der Waals surface area contributed by atoms with E-state index in [2.05, 4.69) is 5.32 Å². The second-order valence-corrected chi connectivity index (χ2v) is 6.70. The van der Waals surface area contributed by atoms with Crippen molar-refractivity contribution < 1.29 is 19.1 Å². The minimum absolute atomic E-state index is 0. The van der Waals surface area contributed by atoms with Crippen LogP contribution >= 0.6 is 0 Å². The molecule has 0 spiro atoms. The maximum Gasteiger partial charge on any atom is 0.337 e. The maximum absolute atomic E-state index is 13.0. The van der Waals surface area contributed by atoms with Crippen molar-refractivity contribution in [2.45, 2.75) is 26.0 Å². The van der Waals surface area contributed by atoms with Gasteiger partial charge in [0.1, 0.15) is 11.5 Å². The molecule has 3 aromatic rings. The van der Waals surface area contributed by atoms with Crippen LogP contribution in [0.25, 0.3) is 0 Å². The first-order chi connectivity index (χ1) is 13.6. The molecule has 4 rings (SSSR count). The summed E-state index contributed by atoms with van der Waals surface area (Å²) < 4.78 is 11.3. The lowest BCUT2D eigenvalue weighted by Gasteiger charge is -2.21. The third-order valence-electron chi connectivity index (χ3n) is 4.74. The number of carbonyl (C=O) groups is 2. The van der Waals surface area contributed by atoms with Gasteiger partial charge in [0.2, 0.25) is 5.78 Å². The smallest absolute Gasteiger partial charge is 0.337 e. The highest BCUT2D eigenvalue weighted by Crippen LogP contribution is 2.36. The molecule has 0 bridgehead atoms. The predicted octanol–water partition coefficient (Wildman–Crippen LogP) is 4.94. The number of carbonyl (C=O) groups excluding carboxylic acids is 2. The Balaban J connectivity index is 0.00000240. The molecule has 29 heavy (non-hydrogen) atoms. The van der Waals surface area contributed by atoms with Gasteiger partial charge in [0.25, 0.3) is 0 Å². The van der Waals surface area contributed by atoms with Gasteiger partial charge in [0.15, 0.2) is 11.6 Å². The van der Waals surface area contributed by atoms with E-state index >= 15 is 0 Å². The van der Waals surface area contributed by atoms with Crippen LogP contribution in [0.4, 0.5) is 5.69 Å². The van der Waals surface area contributed by atoms with Crippen molar-refractivity contribution in [1.29, 1.82) is 0 Å². The van der Waals surface area contributed by atoms with Gasteiger partial charge in [0, 0.05) is 11.3 Å². The molecule has 0 amide bonds. The fourth-order valence-corrected chi connectivity index (χ4v) is 3.19. The zero-order valence-electron chi connectivity index (χ0n) is 15.3. The van der Waals surface area contributed by atoms with E-state index in [0.29, 0.717) is 17.0 Å². The summed E-state index contributed by atoms with van der Waals surface area (Å²) in [4.78, 5) is 25.3. The molecule has 2 atom stereocenters. The number of Topliss-reactive ketones (excluding diaryl/α,β-unsaturated/α-hetero) is 1. The number of ketones is 1. The summed E-state index contributed by atoms with van der Waals surface area (Å²) in [7, 11) is 0. The topological polar surface area (TPSA) is 64.6 Å². The molecular weight excluding hydrogens is 366 g/mol. The van der Waals surface area contributed by atoms with Crippen LogP contribution in [-0.2, 0) is 19.9 Å². The largest absolute Gasteiger partial charge is 0.457 e. The SMILES string of the molecule is C.CC1(c2ccc(Oc3ccccc3)cc2)OC(=O)C(Nc2ccccc2)C1=O. The first-order valence-corrected chi connectivity index (χ1v) is 8.98. The molecule has 0 aliphatic carbocycles. The average molecular weight is 389 g/mol. The van der Waals surface area contributed by atoms with Crippen molar-refractivity contribution in [3.05, 3.63) is 90.5 Å². The van der Waals surface area contributed by atoms with Gasteiger partial charge in [0.05, 0.1) is 0 Å². The van der Waals surface area contributed by atoms with Gasteiger partial charge < -0.3 is 14.8 Å². The normalized spacial score (nSPS) is 20.5. The summed E-state index contributed by atoms with van der Waals surface area (Å²) in [5, 5.41) is 2.96. The van der Waals surface area contributed by atoms with E-state index in [1.165, 1.54) is 0 Å². The summed E-state index contributed by atoms with van der Waals surface area (Å²) in [5.41, 5.74) is -0.0493. The molecule has 1 fully saturated rings. The third-order valence-corrected chi connectivity index (χ3v) is 4.74. The molecule has 0 radical (unpaired) electrons. The summed E-state index contributed by atoms with van der Waals surface area (Å²) in [6.07, 6.45) is 0. The van der Waals surface area contributed by atoms with E-state index in [9.17, 15) is 9.59 Å². The number of nitrogens with one attached hydrogen (secondary N) is 1. The number of hydrogen-bond donors (Lipinski definition) is 1. The van der Waals surface area contributed by atoms with Gasteiger partial charge in [-0.3, -0.25) is 4.79 Å². The molecule has 148 valence electrons. The number of rotatable bonds is 5. The summed E-state index contributed by atoms with van der Waals surface area (Å²) >= 11 is 0. The Kier molecular flexibility index (Phi) is 5.69. The van der Waals surface area contributed by atoms with E-state index in [4.69, 9.17) is 9.47 Å². The minimum Gasteiger partial charge on any atom is -0.457 e. The van der Waals surface area contributed by atoms with Crippen LogP contribution in [-0.4, -0.2) is 17.8 Å². The molecule has 5 heteroatoms. The van der Waals surface area contributed by atoms with Crippen molar-refractivity contribution in [2.24, 2.45) is 0 Å². The van der Waals surface area contributed by atoms with Crippen molar-refractivity contribution >= 4 is 17.4 Å². The summed E-state index contributed by atoms with van der Waals surface area (Å²) in [6.45, 7) is 1.62. The molecule has 1 aliphatic rings. The number of anilines is 1. The van der Waals surface area contributed by atoms with Crippen molar-refractivity contribution in [3.8, 4) is 11.5 Å². The molecule has 1 heterocycles. The van der Waals surface area contributed by atoms with Crippen LogP contribution < -0.4 is 10.1 Å². The summed E-state index contributed by atoms with van der Waals surface area (Å²) in [5.74, 6) is 0.449. The lowest BCUT2D eigenvalue weighted by Crippen LogP contribution is -2.37. The zero-order chi connectivity index (χ0) is 19.6. The van der Waals surface area contributed by atoms with Crippen molar-refractivity contribution in [2.75, 3.05) is 5.32 Å². The number of benzene rings is 3. The highest BCUT2D eigenvalue weighted by molar-refractivity contribution is 6.14. The molecule has 1 N–H and O–H groups in total. The van der Waals surface area contributed by atoms with Crippen LogP contribution in [0.15, 0.2) is 84.9 Å². The standard InChI is InChI=1S/C23H19NO4.CH4/c1-23(16-12-14-19(15-13-16)27-18-10-6-3-7-11-18)21(25)20(22(26)28-23)24-17-8-4-2-5-9-17;/h2-15,20,24H,1H3;1H4. The number of cyclic esters (lactones) is 1. The van der Waals surface area contributed by atoms with Crippen LogP contribution in [0, 0.1) is 0 Å². The summed E-state index contributed by atoms with van der Waals surface area (Å²) in [6, 6.07) is 24.5. The molecular formula is C24H23NO4. The molecule has 5 nitrogen and oxygen atoms in total. The molecule has 0 aromatic heterocycles. The number of hydrogen-bond acceptors (Lipinski definition) is 5. The highest BCUT2D eigenvalue weighted by atomic mass is 16.6. The van der Waals surface area contributed by atoms with E-state index in [-0.39, 0.29) is 13.2 Å². The van der Waals surface area contributed by atoms with Gasteiger partial charge >= 0.3 is 5.97 Å². The Morgan fingerprint density at radius 2 is 1.38 bits per heavy atom. The molecule has 3 aromatic carbocycles. The molecule has 1 aliphatic heterocycles. The average Bonchev–Trinajstić information content (AvgIpc) is 2.94. The Morgan fingerprint density at radius 3 is 2.00 bits per heavy atom. The van der Waals surface area contributed by atoms with Crippen molar-refractivity contribution in [1.82, 2.24) is 0 Å². The van der Waals surface area contributed by atoms with Crippen LogP contribution in [0.1, 0.15) is 19.9 Å². The van der Waals surface area contributed by atoms with Crippen LogP contribution in [0.3, 0.4) is 0 Å². The van der Waals surface area contributed by atoms with E-state index in [1.54, 1.807) is 43.3 Å². The van der Waals surface area contributed by atoms with Crippen molar-refractivity contribution in [3.63, 3.8) is 0 Å². The van der Waals surface area contributed by atoms with E-state index < -0.39 is 17.6 Å². The number of para-hydroxylation sites is 2. The van der Waals surface area contributed by atoms with Crippen LogP contribution in [0.5, 0.6) is 11.5 Å². The maximum atomic E-state index is 13.0. The van der Waals surface area contributed by atoms with E-state index in [0.717, 1.165) is 5.75 Å². The predicted molar refractivity (Wildman–Crippen MR) is 112 cm³/mol. The zero-order valence-corrected chi connectivity index (χ0v) is 15.3. The minimum atomic E-state index is -1.34. The highest BCUT2D eigenvalue weighted by Gasteiger charge is 2.53. The van der Waals surface area contributed by atoms with Gasteiger partial charge in [-0.15, -0.1) is 0 Å². The first-order valence-electron chi connectivity index (χ1n) is 8.98. The Morgan fingerprint density at radius 1 is 0.828 bits per heavy atom. The molecule has 0 saturated carbocycles. The monoisotopic (exact) mass is 389 g/mol. The van der Waals surface area contributed by atoms with E-state index in [1.807, 2.05) is 48.5 Å². The molecule has 2 unspecified atom stereocenters. The molecule has 1 saturated heterocycles. The third kappa shape index (κ3) is 3.99. The lowest BCUT2D eigenvalue weighted by atomic mass is 9.90. The second-order valence-electron chi connectivity index (χ2n) is 6.70. The fraction of sp³-hybridized carbons (Fsp3) is 0.167. The quantitative estimate of drug-likeness (QED) is 0.495. The Labute approximate surface area is 170 Å². The Hall–Kier alpha value is -3.60. The van der Waals surface area contributed by atoms with Crippen LogP contribution in [0.2, 0.25) is 0 Å². The van der Waals surface area contributed by atoms with Gasteiger partial charge in [-0.1, -0.05) is 56.0 Å². The fourth-order valence-electron chi connectivity index (χ4n) is 3.19. The van der Waals surface area contributed by atoms with Gasteiger partial charge in [-0.2, -0.15) is 0 Å². The number of esters is 1. The Bertz CT molecular complexity index is 986. The first kappa shape index (κ1) is 20.1. The van der Waals surface area contributed by atoms with Gasteiger partial charge in [-0.05, 0) is 43.3 Å². The number of ether oxygens (including phenoxy) is 2. The second kappa shape index (κ2) is 8.19. The lowest BCUT2D eigenvalue weighted by molar-refractivity contribution is -0.151.